The molecule has 0 aliphatic carbocycles. The number of nitrogens with zero attached hydrogens (tertiary/aromatic N) is 3. The second kappa shape index (κ2) is 40.4. The second-order valence-corrected chi connectivity index (χ2v) is 16.0. The standard InChI is InChI=1S/C48H91N3O2/c1-5-7-9-11-13-15-17-19-21-23-25-27-29-31-33-35-44-52-46-48(51-42-40-50(41-43-51)39-37-38-49(3)4)47-53-45-36-34-32-30-28-26-24-22-20-18-16-14-12-10-8-6-2/h13-16,19-22,48H,5-12,17-18,23-47H2,1-4H3/b15-13-,16-14+,21-19-,22-20+. The Kier molecular flexibility index (Phi) is 38.0. The number of hydrogen-bond acceptors (Lipinski definition) is 5. The van der Waals surface area contributed by atoms with Crippen LogP contribution in [0.15, 0.2) is 48.6 Å². The first-order valence-corrected chi connectivity index (χ1v) is 23.0. The number of piperazine rings is 1. The molecule has 5 nitrogen and oxygen atoms in total. The molecule has 0 radical (unpaired) electrons. The number of unbranched alkanes of at least 4 members (excludes halogenated alkanes) is 18. The highest BCUT2D eigenvalue weighted by molar-refractivity contribution is 4.93. The van der Waals surface area contributed by atoms with Gasteiger partial charge >= 0.3 is 0 Å². The Labute approximate surface area is 332 Å². The molecular formula is C48H91N3O2. The fraction of sp³-hybridized carbons (Fsp3) is 0.833. The van der Waals surface area contributed by atoms with Crippen LogP contribution in [0, 0.1) is 0 Å². The summed E-state index contributed by atoms with van der Waals surface area (Å²) in [6.45, 7) is 14.9. The van der Waals surface area contributed by atoms with Crippen molar-refractivity contribution in [3.05, 3.63) is 48.6 Å². The molecule has 0 aromatic rings. The van der Waals surface area contributed by atoms with E-state index in [1.165, 1.54) is 174 Å². The Morgan fingerprint density at radius 1 is 0.472 bits per heavy atom. The van der Waals surface area contributed by atoms with Gasteiger partial charge in [-0.1, -0.05) is 140 Å². The van der Waals surface area contributed by atoms with E-state index in [1.807, 2.05) is 0 Å². The maximum Gasteiger partial charge on any atom is 0.0644 e. The molecule has 310 valence electrons. The number of hydrogen-bond donors (Lipinski definition) is 0. The molecule has 0 spiro atoms. The molecule has 0 amide bonds. The van der Waals surface area contributed by atoms with Crippen LogP contribution in [0.5, 0.6) is 0 Å². The van der Waals surface area contributed by atoms with Gasteiger partial charge in [-0.25, -0.2) is 0 Å². The van der Waals surface area contributed by atoms with Crippen molar-refractivity contribution in [3.63, 3.8) is 0 Å². The summed E-state index contributed by atoms with van der Waals surface area (Å²) in [7, 11) is 4.35. The average molecular weight is 742 g/mol. The van der Waals surface area contributed by atoms with Crippen LogP contribution in [0.4, 0.5) is 0 Å². The maximum absolute atomic E-state index is 6.31. The molecule has 0 bridgehead atoms. The SMILES string of the molecule is CCCCC/C=C\C/C=C\CCCCCCCCOCC(COCCCCCCCC/C=C/C/C=C/CCCCC)N1CCN(CCCN(C)C)CC1. The molecule has 1 unspecified atom stereocenters. The summed E-state index contributed by atoms with van der Waals surface area (Å²) in [6.07, 6.45) is 51.0. The molecule has 1 fully saturated rings. The molecular weight excluding hydrogens is 651 g/mol. The van der Waals surface area contributed by atoms with Gasteiger partial charge in [-0.15, -0.1) is 0 Å². The van der Waals surface area contributed by atoms with Gasteiger partial charge < -0.3 is 19.3 Å². The first kappa shape index (κ1) is 49.8. The molecule has 1 aliphatic rings. The van der Waals surface area contributed by atoms with Crippen molar-refractivity contribution in [2.45, 2.75) is 180 Å². The zero-order valence-corrected chi connectivity index (χ0v) is 36.1. The van der Waals surface area contributed by atoms with E-state index in [-0.39, 0.29) is 0 Å². The molecule has 0 saturated carbocycles. The van der Waals surface area contributed by atoms with Crippen molar-refractivity contribution in [1.29, 1.82) is 0 Å². The summed E-state index contributed by atoms with van der Waals surface area (Å²) in [5.41, 5.74) is 0. The largest absolute Gasteiger partial charge is 0.380 e. The highest BCUT2D eigenvalue weighted by atomic mass is 16.5. The second-order valence-electron chi connectivity index (χ2n) is 16.0. The van der Waals surface area contributed by atoms with E-state index < -0.39 is 0 Å². The van der Waals surface area contributed by atoms with E-state index in [1.54, 1.807) is 0 Å². The third-order valence-electron chi connectivity index (χ3n) is 10.6. The van der Waals surface area contributed by atoms with Gasteiger partial charge in [-0.3, -0.25) is 4.90 Å². The minimum absolute atomic E-state index is 0.383. The van der Waals surface area contributed by atoms with E-state index >= 15 is 0 Å². The Balaban J connectivity index is 2.17. The normalized spacial score (nSPS) is 15.5. The third-order valence-corrected chi connectivity index (χ3v) is 10.6. The van der Waals surface area contributed by atoms with Crippen molar-refractivity contribution >= 4 is 0 Å². The lowest BCUT2D eigenvalue weighted by atomic mass is 10.1. The van der Waals surface area contributed by atoms with Crippen molar-refractivity contribution in [1.82, 2.24) is 14.7 Å². The molecule has 1 rings (SSSR count). The van der Waals surface area contributed by atoms with Gasteiger partial charge in [0.05, 0.1) is 19.3 Å². The van der Waals surface area contributed by atoms with Crippen LogP contribution < -0.4 is 0 Å². The van der Waals surface area contributed by atoms with E-state index in [0.29, 0.717) is 6.04 Å². The topological polar surface area (TPSA) is 28.2 Å². The summed E-state index contributed by atoms with van der Waals surface area (Å²) < 4.78 is 12.6. The zero-order chi connectivity index (χ0) is 38.1. The van der Waals surface area contributed by atoms with E-state index in [9.17, 15) is 0 Å². The highest BCUT2D eigenvalue weighted by Crippen LogP contribution is 2.13. The van der Waals surface area contributed by atoms with Crippen LogP contribution in [0.1, 0.15) is 174 Å². The minimum atomic E-state index is 0.383. The molecule has 1 aliphatic heterocycles. The van der Waals surface area contributed by atoms with Crippen LogP contribution in [-0.4, -0.2) is 101 Å². The fourth-order valence-electron chi connectivity index (χ4n) is 7.04. The molecule has 1 heterocycles. The van der Waals surface area contributed by atoms with E-state index in [2.05, 4.69) is 91.3 Å². The highest BCUT2D eigenvalue weighted by Gasteiger charge is 2.24. The van der Waals surface area contributed by atoms with Gasteiger partial charge in [0.2, 0.25) is 0 Å². The fourth-order valence-corrected chi connectivity index (χ4v) is 7.04. The molecule has 53 heavy (non-hydrogen) atoms. The molecule has 0 aromatic heterocycles. The number of ether oxygens (including phenoxy) is 2. The lowest BCUT2D eigenvalue weighted by Crippen LogP contribution is -2.53. The van der Waals surface area contributed by atoms with Crippen LogP contribution in [0.2, 0.25) is 0 Å². The summed E-state index contributed by atoms with van der Waals surface area (Å²) in [6, 6.07) is 0.383. The quantitative estimate of drug-likeness (QED) is 0.0462. The van der Waals surface area contributed by atoms with Gasteiger partial charge in [0, 0.05) is 39.4 Å². The van der Waals surface area contributed by atoms with E-state index in [0.717, 1.165) is 52.4 Å². The lowest BCUT2D eigenvalue weighted by molar-refractivity contribution is -0.0141. The predicted molar refractivity (Wildman–Crippen MR) is 235 cm³/mol. The van der Waals surface area contributed by atoms with Crippen molar-refractivity contribution in [2.75, 3.05) is 79.8 Å². The minimum Gasteiger partial charge on any atom is -0.380 e. The van der Waals surface area contributed by atoms with Gasteiger partial charge in [0.1, 0.15) is 0 Å². The van der Waals surface area contributed by atoms with Crippen LogP contribution in [0.3, 0.4) is 0 Å². The van der Waals surface area contributed by atoms with Crippen molar-refractivity contribution in [3.8, 4) is 0 Å². The Hall–Kier alpha value is -1.24. The Bertz CT molecular complexity index is 794. The average Bonchev–Trinajstić information content (AvgIpc) is 3.16. The van der Waals surface area contributed by atoms with Crippen LogP contribution >= 0.6 is 0 Å². The number of allylic oxidation sites excluding steroid dienone is 8. The molecule has 0 N–H and O–H groups in total. The van der Waals surface area contributed by atoms with Crippen molar-refractivity contribution in [2.24, 2.45) is 0 Å². The first-order chi connectivity index (χ1) is 26.2. The summed E-state index contributed by atoms with van der Waals surface area (Å²) in [5.74, 6) is 0. The number of rotatable bonds is 39. The lowest BCUT2D eigenvalue weighted by Gasteiger charge is -2.39. The summed E-state index contributed by atoms with van der Waals surface area (Å²) in [5, 5.41) is 0. The smallest absolute Gasteiger partial charge is 0.0644 e. The molecule has 1 saturated heterocycles. The summed E-state index contributed by atoms with van der Waals surface area (Å²) >= 11 is 0. The maximum atomic E-state index is 6.31. The van der Waals surface area contributed by atoms with Gasteiger partial charge in [-0.2, -0.15) is 0 Å². The first-order valence-electron chi connectivity index (χ1n) is 23.0. The predicted octanol–water partition coefficient (Wildman–Crippen LogP) is 12.6. The molecule has 1 atom stereocenters. The van der Waals surface area contributed by atoms with Crippen molar-refractivity contribution < 1.29 is 9.47 Å². The zero-order valence-electron chi connectivity index (χ0n) is 36.1. The Morgan fingerprint density at radius 2 is 0.868 bits per heavy atom. The molecule has 5 heteroatoms. The Morgan fingerprint density at radius 3 is 1.28 bits per heavy atom. The third kappa shape index (κ3) is 35.0. The molecule has 0 aromatic carbocycles. The van der Waals surface area contributed by atoms with Gasteiger partial charge in [-0.05, 0) is 111 Å². The van der Waals surface area contributed by atoms with Crippen LogP contribution in [-0.2, 0) is 9.47 Å². The monoisotopic (exact) mass is 742 g/mol. The van der Waals surface area contributed by atoms with Gasteiger partial charge in [0.15, 0.2) is 0 Å². The van der Waals surface area contributed by atoms with Crippen LogP contribution in [0.25, 0.3) is 0 Å². The summed E-state index contributed by atoms with van der Waals surface area (Å²) in [4.78, 5) is 7.59. The van der Waals surface area contributed by atoms with E-state index in [4.69, 9.17) is 9.47 Å². The van der Waals surface area contributed by atoms with Gasteiger partial charge in [0.25, 0.3) is 0 Å².